The summed E-state index contributed by atoms with van der Waals surface area (Å²) in [5.41, 5.74) is -0.774. The predicted octanol–water partition coefficient (Wildman–Crippen LogP) is 2.02. The van der Waals surface area contributed by atoms with E-state index in [1.165, 1.54) is 6.42 Å². The number of hydrogen-bond donors (Lipinski definition) is 1. The molecular formula is C15H27N3O. The Morgan fingerprint density at radius 2 is 1.95 bits per heavy atom. The van der Waals surface area contributed by atoms with Gasteiger partial charge in [-0.3, -0.25) is 9.69 Å². The van der Waals surface area contributed by atoms with Crippen LogP contribution in [0.15, 0.2) is 0 Å². The number of hydrogen-bond acceptors (Lipinski definition) is 3. The average molecular weight is 265 g/mol. The largest absolute Gasteiger partial charge is 0.337 e. The molecule has 0 aromatic carbocycles. The van der Waals surface area contributed by atoms with Crippen molar-refractivity contribution in [3.63, 3.8) is 0 Å². The van der Waals surface area contributed by atoms with Gasteiger partial charge in [-0.15, -0.1) is 0 Å². The molecule has 3 unspecified atom stereocenters. The molecule has 1 rings (SSSR count). The van der Waals surface area contributed by atoms with Gasteiger partial charge < -0.3 is 5.32 Å². The molecule has 1 heterocycles. The normalized spacial score (nSPS) is 27.6. The minimum Gasteiger partial charge on any atom is -0.337 e. The second-order valence-corrected chi connectivity index (χ2v) is 6.66. The van der Waals surface area contributed by atoms with Gasteiger partial charge in [0, 0.05) is 13.1 Å². The molecule has 0 aromatic rings. The second-order valence-electron chi connectivity index (χ2n) is 6.66. The van der Waals surface area contributed by atoms with E-state index in [2.05, 4.69) is 30.1 Å². The van der Waals surface area contributed by atoms with Crippen LogP contribution in [0.2, 0.25) is 0 Å². The van der Waals surface area contributed by atoms with E-state index in [0.29, 0.717) is 18.4 Å². The smallest absolute Gasteiger partial charge is 0.235 e. The second kappa shape index (κ2) is 6.38. The summed E-state index contributed by atoms with van der Waals surface area (Å²) in [5, 5.41) is 12.1. The molecule has 19 heavy (non-hydrogen) atoms. The maximum absolute atomic E-state index is 12.1. The summed E-state index contributed by atoms with van der Waals surface area (Å²) in [6, 6.07) is 2.21. The number of nitrogens with zero attached hydrogens (tertiary/aromatic N) is 2. The number of carbonyl (C=O) groups excluding carboxylic acids is 1. The number of piperidine rings is 1. The standard InChI is InChI=1S/C15H27N3O/c1-11(2)15(5,10-16)17-14(19)9-18-7-12(3)6-13(4)8-18/h11-13H,6-9H2,1-5H3,(H,17,19). The summed E-state index contributed by atoms with van der Waals surface area (Å²) < 4.78 is 0. The first-order valence-electron chi connectivity index (χ1n) is 7.21. The van der Waals surface area contributed by atoms with Crippen LogP contribution >= 0.6 is 0 Å². The van der Waals surface area contributed by atoms with Crippen LogP contribution in [-0.2, 0) is 4.79 Å². The van der Waals surface area contributed by atoms with E-state index < -0.39 is 5.54 Å². The van der Waals surface area contributed by atoms with E-state index in [0.717, 1.165) is 13.1 Å². The number of nitrogens with one attached hydrogen (secondary N) is 1. The Morgan fingerprint density at radius 1 is 1.42 bits per heavy atom. The molecule has 0 radical (unpaired) electrons. The number of rotatable bonds is 4. The Hall–Kier alpha value is -1.08. The maximum atomic E-state index is 12.1. The molecule has 4 nitrogen and oxygen atoms in total. The van der Waals surface area contributed by atoms with Crippen LogP contribution in [0.4, 0.5) is 0 Å². The highest BCUT2D eigenvalue weighted by Crippen LogP contribution is 2.21. The molecule has 0 aliphatic carbocycles. The van der Waals surface area contributed by atoms with Gasteiger partial charge >= 0.3 is 0 Å². The minimum absolute atomic E-state index is 0.0425. The van der Waals surface area contributed by atoms with Crippen molar-refractivity contribution in [1.29, 1.82) is 5.26 Å². The lowest BCUT2D eigenvalue weighted by Gasteiger charge is -2.35. The molecule has 0 saturated carbocycles. The molecule has 0 spiro atoms. The summed E-state index contributed by atoms with van der Waals surface area (Å²) in [7, 11) is 0. The third kappa shape index (κ3) is 4.50. The minimum atomic E-state index is -0.774. The van der Waals surface area contributed by atoms with E-state index in [1.54, 1.807) is 6.92 Å². The average Bonchev–Trinajstić information content (AvgIpc) is 2.26. The zero-order chi connectivity index (χ0) is 14.6. The molecule has 4 heteroatoms. The SMILES string of the molecule is CC1CC(C)CN(CC(=O)NC(C)(C#N)C(C)C)C1. The molecule has 1 aliphatic heterocycles. The van der Waals surface area contributed by atoms with Crippen molar-refractivity contribution in [3.05, 3.63) is 0 Å². The Kier molecular flexibility index (Phi) is 5.37. The lowest BCUT2D eigenvalue weighted by molar-refractivity contribution is -0.124. The van der Waals surface area contributed by atoms with Gasteiger partial charge in [0.2, 0.25) is 5.91 Å². The predicted molar refractivity (Wildman–Crippen MR) is 76.4 cm³/mol. The summed E-state index contributed by atoms with van der Waals surface area (Å²) in [4.78, 5) is 14.3. The quantitative estimate of drug-likeness (QED) is 0.846. The molecular weight excluding hydrogens is 238 g/mol. The summed E-state index contributed by atoms with van der Waals surface area (Å²) in [6.07, 6.45) is 1.24. The Labute approximate surface area is 117 Å². The van der Waals surface area contributed by atoms with Gasteiger partial charge in [0.1, 0.15) is 5.54 Å². The molecule has 0 aromatic heterocycles. The molecule has 0 bridgehead atoms. The van der Waals surface area contributed by atoms with Crippen molar-refractivity contribution < 1.29 is 4.79 Å². The number of amides is 1. The topological polar surface area (TPSA) is 56.1 Å². The van der Waals surface area contributed by atoms with Gasteiger partial charge in [-0.25, -0.2) is 0 Å². The van der Waals surface area contributed by atoms with Gasteiger partial charge in [-0.2, -0.15) is 5.26 Å². The van der Waals surface area contributed by atoms with E-state index in [9.17, 15) is 10.1 Å². The van der Waals surface area contributed by atoms with E-state index in [-0.39, 0.29) is 11.8 Å². The van der Waals surface area contributed by atoms with Crippen LogP contribution in [0.25, 0.3) is 0 Å². The molecule has 1 fully saturated rings. The summed E-state index contributed by atoms with van der Waals surface area (Å²) in [5.74, 6) is 1.34. The highest BCUT2D eigenvalue weighted by atomic mass is 16.2. The van der Waals surface area contributed by atoms with Gasteiger partial charge in [-0.1, -0.05) is 27.7 Å². The fraction of sp³-hybridized carbons (Fsp3) is 0.867. The first-order valence-corrected chi connectivity index (χ1v) is 7.21. The highest BCUT2D eigenvalue weighted by molar-refractivity contribution is 5.79. The zero-order valence-electron chi connectivity index (χ0n) is 12.9. The Morgan fingerprint density at radius 3 is 2.37 bits per heavy atom. The van der Waals surface area contributed by atoms with Crippen molar-refractivity contribution in [2.75, 3.05) is 19.6 Å². The first kappa shape index (κ1) is 16.0. The molecule has 1 aliphatic rings. The van der Waals surface area contributed by atoms with Gasteiger partial charge in [0.15, 0.2) is 0 Å². The monoisotopic (exact) mass is 265 g/mol. The van der Waals surface area contributed by atoms with Crippen LogP contribution in [0, 0.1) is 29.1 Å². The molecule has 108 valence electrons. The van der Waals surface area contributed by atoms with Crippen LogP contribution < -0.4 is 5.32 Å². The van der Waals surface area contributed by atoms with E-state index in [1.807, 2.05) is 13.8 Å². The summed E-state index contributed by atoms with van der Waals surface area (Å²) >= 11 is 0. The van der Waals surface area contributed by atoms with E-state index in [4.69, 9.17) is 0 Å². The first-order chi connectivity index (χ1) is 8.76. The molecule has 1 amide bonds. The third-order valence-corrected chi connectivity index (χ3v) is 4.10. The van der Waals surface area contributed by atoms with Crippen LogP contribution in [0.1, 0.15) is 41.0 Å². The number of nitriles is 1. The molecule has 3 atom stereocenters. The lowest BCUT2D eigenvalue weighted by Crippen LogP contribution is -2.53. The third-order valence-electron chi connectivity index (χ3n) is 4.10. The fourth-order valence-corrected chi connectivity index (χ4v) is 2.75. The van der Waals surface area contributed by atoms with Gasteiger partial charge in [-0.05, 0) is 31.1 Å². The summed E-state index contributed by atoms with van der Waals surface area (Å²) in [6.45, 7) is 12.5. The number of carbonyl (C=O) groups is 1. The molecule has 1 N–H and O–H groups in total. The van der Waals surface area contributed by atoms with Crippen molar-refractivity contribution in [2.24, 2.45) is 17.8 Å². The Balaban J connectivity index is 2.54. The zero-order valence-corrected chi connectivity index (χ0v) is 12.9. The highest BCUT2D eigenvalue weighted by Gasteiger charge is 2.31. The van der Waals surface area contributed by atoms with Crippen LogP contribution in [0.3, 0.4) is 0 Å². The maximum Gasteiger partial charge on any atom is 0.235 e. The van der Waals surface area contributed by atoms with E-state index >= 15 is 0 Å². The fourth-order valence-electron chi connectivity index (χ4n) is 2.75. The number of likely N-dealkylation sites (tertiary alicyclic amines) is 1. The van der Waals surface area contributed by atoms with Crippen molar-refractivity contribution in [1.82, 2.24) is 10.2 Å². The van der Waals surface area contributed by atoms with Crippen LogP contribution in [0.5, 0.6) is 0 Å². The van der Waals surface area contributed by atoms with Crippen molar-refractivity contribution >= 4 is 5.91 Å². The van der Waals surface area contributed by atoms with Gasteiger partial charge in [0.05, 0.1) is 12.6 Å². The van der Waals surface area contributed by atoms with Crippen molar-refractivity contribution in [2.45, 2.75) is 46.6 Å². The Bertz CT molecular complexity index is 351. The van der Waals surface area contributed by atoms with Crippen LogP contribution in [-0.4, -0.2) is 36.0 Å². The molecule has 1 saturated heterocycles. The lowest BCUT2D eigenvalue weighted by atomic mass is 9.89. The van der Waals surface area contributed by atoms with Gasteiger partial charge in [0.25, 0.3) is 0 Å². The van der Waals surface area contributed by atoms with Crippen molar-refractivity contribution in [3.8, 4) is 6.07 Å².